The van der Waals surface area contributed by atoms with Gasteiger partial charge in [0, 0.05) is 19.4 Å². The number of carbonyl (C=O) groups is 4. The van der Waals surface area contributed by atoms with Crippen molar-refractivity contribution in [3.05, 3.63) is 0 Å². The van der Waals surface area contributed by atoms with Crippen molar-refractivity contribution in [3.8, 4) is 0 Å². The number of esters is 1. The van der Waals surface area contributed by atoms with Gasteiger partial charge in [-0.05, 0) is 62.7 Å². The summed E-state index contributed by atoms with van der Waals surface area (Å²) in [6.45, 7) is 15.0. The molecule has 4 aliphatic rings. The van der Waals surface area contributed by atoms with Crippen molar-refractivity contribution in [3.63, 3.8) is 0 Å². The molecule has 0 unspecified atom stereocenters. The van der Waals surface area contributed by atoms with Crippen LogP contribution in [-0.2, 0) is 33.2 Å². The third kappa shape index (κ3) is 10.2. The maximum absolute atomic E-state index is 13.8. The SMILES string of the molecule is CCCCCCCCCC(=O)N[C@@H](CNC(=O)CCC(=O)OCC)C(=O)N[C@@H](CC(C)C)B1O[C@@H]2C[C@H]3C[C@H](C3(C)C)[C@]2(C)O1. The number of hydrogen-bond donors (Lipinski definition) is 3. The summed E-state index contributed by atoms with van der Waals surface area (Å²) in [6.07, 6.45) is 10.5. The predicted octanol–water partition coefficient (Wildman–Crippen LogP) is 4.87. The molecule has 0 radical (unpaired) electrons. The molecule has 45 heavy (non-hydrogen) atoms. The van der Waals surface area contributed by atoms with Gasteiger partial charge in [-0.25, -0.2) is 0 Å². The molecule has 1 saturated heterocycles. The molecule has 10 nitrogen and oxygen atoms in total. The van der Waals surface area contributed by atoms with E-state index in [2.05, 4.69) is 57.5 Å². The van der Waals surface area contributed by atoms with E-state index in [0.717, 1.165) is 32.1 Å². The summed E-state index contributed by atoms with van der Waals surface area (Å²) in [5.74, 6) is -0.592. The molecule has 0 spiro atoms. The molecule has 0 aromatic heterocycles. The van der Waals surface area contributed by atoms with Crippen LogP contribution in [-0.4, -0.2) is 67.6 Å². The minimum absolute atomic E-state index is 0.0120. The third-order valence-electron chi connectivity index (χ3n) is 10.4. The average molecular weight is 634 g/mol. The quantitative estimate of drug-likeness (QED) is 0.0991. The van der Waals surface area contributed by atoms with Crippen LogP contribution >= 0.6 is 0 Å². The molecule has 4 fully saturated rings. The summed E-state index contributed by atoms with van der Waals surface area (Å²) >= 11 is 0. The average Bonchev–Trinajstić information content (AvgIpc) is 3.34. The molecule has 11 heteroatoms. The topological polar surface area (TPSA) is 132 Å². The van der Waals surface area contributed by atoms with E-state index < -0.39 is 36.6 Å². The molecule has 0 aromatic rings. The van der Waals surface area contributed by atoms with Crippen LogP contribution in [0.25, 0.3) is 0 Å². The van der Waals surface area contributed by atoms with Crippen LogP contribution in [0.1, 0.15) is 132 Å². The summed E-state index contributed by atoms with van der Waals surface area (Å²) in [5.41, 5.74) is -0.198. The normalized spacial score (nSPS) is 26.0. The summed E-state index contributed by atoms with van der Waals surface area (Å²) in [6, 6.07) is -0.978. The fraction of sp³-hybridized carbons (Fsp3) is 0.882. The molecule has 4 rings (SSSR count). The number of ether oxygens (including phenoxy) is 1. The molecule has 0 aromatic carbocycles. The predicted molar refractivity (Wildman–Crippen MR) is 175 cm³/mol. The van der Waals surface area contributed by atoms with E-state index in [1.165, 1.54) is 25.7 Å². The van der Waals surface area contributed by atoms with Gasteiger partial charge in [0.2, 0.25) is 17.7 Å². The Labute approximate surface area is 271 Å². The molecule has 6 atom stereocenters. The largest absolute Gasteiger partial charge is 0.481 e. The molecule has 3 amide bonds. The van der Waals surface area contributed by atoms with Crippen LogP contribution in [0.15, 0.2) is 0 Å². The Kier molecular flexibility index (Phi) is 14.2. The second-order valence-electron chi connectivity index (χ2n) is 14.7. The molecule has 2 bridgehead atoms. The van der Waals surface area contributed by atoms with Gasteiger partial charge in [0.25, 0.3) is 0 Å². The highest BCUT2D eigenvalue weighted by Crippen LogP contribution is 2.65. The van der Waals surface area contributed by atoms with Gasteiger partial charge < -0.3 is 30.0 Å². The maximum atomic E-state index is 13.8. The van der Waals surface area contributed by atoms with Gasteiger partial charge in [0.05, 0.1) is 30.7 Å². The monoisotopic (exact) mass is 633 g/mol. The summed E-state index contributed by atoms with van der Waals surface area (Å²) < 4.78 is 18.1. The van der Waals surface area contributed by atoms with Gasteiger partial charge in [0.15, 0.2) is 0 Å². The number of amides is 3. The van der Waals surface area contributed by atoms with Crippen LogP contribution in [0.2, 0.25) is 0 Å². The highest BCUT2D eigenvalue weighted by molar-refractivity contribution is 6.48. The van der Waals surface area contributed by atoms with Gasteiger partial charge in [-0.1, -0.05) is 73.1 Å². The minimum atomic E-state index is -0.978. The third-order valence-corrected chi connectivity index (χ3v) is 10.4. The minimum Gasteiger partial charge on any atom is -0.466 e. The fourth-order valence-corrected chi connectivity index (χ4v) is 7.57. The smallest absolute Gasteiger partial charge is 0.466 e. The lowest BCUT2D eigenvalue weighted by atomic mass is 9.43. The Morgan fingerprint density at radius 2 is 1.58 bits per heavy atom. The van der Waals surface area contributed by atoms with Gasteiger partial charge in [0.1, 0.15) is 6.04 Å². The lowest BCUT2D eigenvalue weighted by Gasteiger charge is -2.64. The molecule has 1 heterocycles. The maximum Gasteiger partial charge on any atom is 0.481 e. The van der Waals surface area contributed by atoms with Gasteiger partial charge in [-0.3, -0.25) is 19.2 Å². The first-order valence-corrected chi connectivity index (χ1v) is 17.7. The molecule has 3 saturated carbocycles. The van der Waals surface area contributed by atoms with Crippen molar-refractivity contribution >= 4 is 30.8 Å². The number of carbonyl (C=O) groups excluding carboxylic acids is 4. The van der Waals surface area contributed by atoms with Crippen molar-refractivity contribution < 1.29 is 33.2 Å². The van der Waals surface area contributed by atoms with Crippen LogP contribution in [0.4, 0.5) is 0 Å². The standard InChI is InChI=1S/C34H60BN3O7/c1-8-10-11-12-13-14-15-16-30(40)37-25(22-36-29(39)17-18-31(41)43-9-2)32(42)38-28(19-23(3)4)35-44-27-21-24-20-26(33(24,5)6)34(27,7)45-35/h23-28H,8-22H2,1-7H3,(H,36,39)(H,37,40)(H,38,42)/t24-,25+,26-,27-,28+,34+/m1/s1. The molecule has 256 valence electrons. The van der Waals surface area contributed by atoms with E-state index in [4.69, 9.17) is 14.0 Å². The van der Waals surface area contributed by atoms with E-state index in [1.807, 2.05) is 0 Å². The molecule has 3 N–H and O–H groups in total. The number of nitrogens with one attached hydrogen (secondary N) is 3. The van der Waals surface area contributed by atoms with E-state index in [0.29, 0.717) is 24.7 Å². The molecule has 1 aliphatic heterocycles. The van der Waals surface area contributed by atoms with Gasteiger partial charge in [-0.15, -0.1) is 0 Å². The lowest BCUT2D eigenvalue weighted by Crippen LogP contribution is -2.65. The molecular weight excluding hydrogens is 573 g/mol. The van der Waals surface area contributed by atoms with Crippen LogP contribution in [0.5, 0.6) is 0 Å². The summed E-state index contributed by atoms with van der Waals surface area (Å²) in [4.78, 5) is 50.9. The van der Waals surface area contributed by atoms with E-state index in [1.54, 1.807) is 6.92 Å². The van der Waals surface area contributed by atoms with Crippen molar-refractivity contribution in [1.82, 2.24) is 16.0 Å². The summed E-state index contributed by atoms with van der Waals surface area (Å²) in [5, 5.41) is 8.72. The number of unbranched alkanes of at least 4 members (excludes halogenated alkanes) is 6. The van der Waals surface area contributed by atoms with Crippen molar-refractivity contribution in [1.29, 1.82) is 0 Å². The van der Waals surface area contributed by atoms with Crippen LogP contribution < -0.4 is 16.0 Å². The lowest BCUT2D eigenvalue weighted by molar-refractivity contribution is -0.199. The second-order valence-corrected chi connectivity index (χ2v) is 14.7. The zero-order valence-corrected chi connectivity index (χ0v) is 29.0. The van der Waals surface area contributed by atoms with Gasteiger partial charge in [-0.2, -0.15) is 0 Å². The summed E-state index contributed by atoms with van der Waals surface area (Å²) in [7, 11) is -0.593. The van der Waals surface area contributed by atoms with Crippen molar-refractivity contribution in [2.45, 2.75) is 156 Å². The Morgan fingerprint density at radius 1 is 0.889 bits per heavy atom. The zero-order valence-electron chi connectivity index (χ0n) is 29.0. The highest BCUT2D eigenvalue weighted by Gasteiger charge is 2.68. The molecular formula is C34H60BN3O7. The van der Waals surface area contributed by atoms with Crippen LogP contribution in [0.3, 0.4) is 0 Å². The van der Waals surface area contributed by atoms with Crippen molar-refractivity contribution in [2.75, 3.05) is 13.2 Å². The Morgan fingerprint density at radius 3 is 2.22 bits per heavy atom. The van der Waals surface area contributed by atoms with Crippen LogP contribution in [0, 0.1) is 23.2 Å². The number of hydrogen-bond acceptors (Lipinski definition) is 7. The number of rotatable bonds is 20. The Hall–Kier alpha value is -2.14. The highest BCUT2D eigenvalue weighted by atomic mass is 16.7. The molecule has 3 aliphatic carbocycles. The van der Waals surface area contributed by atoms with E-state index in [-0.39, 0.29) is 55.2 Å². The Bertz CT molecular complexity index is 1010. The zero-order chi connectivity index (χ0) is 33.2. The van der Waals surface area contributed by atoms with E-state index >= 15 is 0 Å². The first-order valence-electron chi connectivity index (χ1n) is 17.7. The fourth-order valence-electron chi connectivity index (χ4n) is 7.57. The first-order chi connectivity index (χ1) is 21.3. The van der Waals surface area contributed by atoms with Gasteiger partial charge >= 0.3 is 13.1 Å². The van der Waals surface area contributed by atoms with E-state index in [9.17, 15) is 19.2 Å². The van der Waals surface area contributed by atoms with Crippen molar-refractivity contribution in [2.24, 2.45) is 23.2 Å². The second kappa shape index (κ2) is 17.1. The Balaban J connectivity index is 1.63. The first kappa shape index (κ1) is 37.3.